The van der Waals surface area contributed by atoms with Gasteiger partial charge in [-0.05, 0) is 37.6 Å². The molecule has 4 heteroatoms. The smallest absolute Gasteiger partial charge is 0.160 e. The van der Waals surface area contributed by atoms with Gasteiger partial charge in [0.05, 0.1) is 18.5 Å². The fraction of sp³-hybridized carbons (Fsp3) is 0.188. The Kier molecular flexibility index (Phi) is 2.86. The highest BCUT2D eigenvalue weighted by Gasteiger charge is 2.13. The molecule has 0 unspecified atom stereocenters. The minimum atomic E-state index is 0.697. The number of hydrogen-bond donors (Lipinski definition) is 1. The van der Waals surface area contributed by atoms with E-state index in [1.54, 1.807) is 7.11 Å². The molecule has 0 fully saturated rings. The zero-order valence-corrected chi connectivity index (χ0v) is 11.8. The van der Waals surface area contributed by atoms with Crippen molar-refractivity contribution in [2.45, 2.75) is 13.8 Å². The number of rotatable bonds is 2. The lowest BCUT2D eigenvalue weighted by atomic mass is 10.1. The van der Waals surface area contributed by atoms with Crippen molar-refractivity contribution in [2.75, 3.05) is 12.8 Å². The molecule has 3 aromatic rings. The van der Waals surface area contributed by atoms with Crippen LogP contribution in [0.3, 0.4) is 0 Å². The fourth-order valence-electron chi connectivity index (χ4n) is 2.47. The second kappa shape index (κ2) is 4.56. The first-order valence-corrected chi connectivity index (χ1v) is 6.49. The molecule has 20 heavy (non-hydrogen) atoms. The Morgan fingerprint density at radius 3 is 2.75 bits per heavy atom. The number of fused-ring (bicyclic) bond motifs is 1. The molecule has 0 atom stereocenters. The van der Waals surface area contributed by atoms with Crippen LogP contribution < -0.4 is 10.5 Å². The number of anilines is 1. The molecule has 0 aliphatic carbocycles. The molecule has 0 amide bonds. The van der Waals surface area contributed by atoms with Crippen LogP contribution in [0.15, 0.2) is 36.5 Å². The number of aryl methyl sites for hydroxylation is 2. The van der Waals surface area contributed by atoms with Gasteiger partial charge in [-0.1, -0.05) is 12.1 Å². The van der Waals surface area contributed by atoms with Crippen molar-refractivity contribution < 1.29 is 4.74 Å². The van der Waals surface area contributed by atoms with Crippen LogP contribution in [-0.2, 0) is 0 Å². The zero-order valence-electron chi connectivity index (χ0n) is 11.8. The third-order valence-electron chi connectivity index (χ3n) is 3.47. The number of ether oxygens (including phenoxy) is 1. The molecule has 3 rings (SSSR count). The number of pyridine rings is 1. The Morgan fingerprint density at radius 2 is 2.00 bits per heavy atom. The third kappa shape index (κ3) is 1.90. The minimum Gasteiger partial charge on any atom is -0.497 e. The maximum atomic E-state index is 6.07. The summed E-state index contributed by atoms with van der Waals surface area (Å²) in [5.41, 5.74) is 11.7. The number of imidazole rings is 1. The Labute approximate surface area is 117 Å². The van der Waals surface area contributed by atoms with E-state index in [1.807, 2.05) is 48.6 Å². The molecule has 2 aromatic heterocycles. The first-order valence-electron chi connectivity index (χ1n) is 6.49. The first-order chi connectivity index (χ1) is 9.60. The van der Waals surface area contributed by atoms with Gasteiger partial charge in [-0.15, -0.1) is 0 Å². The number of nitrogens with two attached hydrogens (primary N) is 1. The number of methoxy groups -OCH3 is 1. The number of aromatic nitrogens is 2. The summed E-state index contributed by atoms with van der Waals surface area (Å²) in [4.78, 5) is 4.68. The Bertz CT molecular complexity index is 790. The van der Waals surface area contributed by atoms with Gasteiger partial charge >= 0.3 is 0 Å². The van der Waals surface area contributed by atoms with Crippen LogP contribution >= 0.6 is 0 Å². The van der Waals surface area contributed by atoms with E-state index >= 15 is 0 Å². The van der Waals surface area contributed by atoms with Crippen molar-refractivity contribution in [3.05, 3.63) is 47.8 Å². The molecule has 0 spiro atoms. The highest BCUT2D eigenvalue weighted by Crippen LogP contribution is 2.28. The van der Waals surface area contributed by atoms with E-state index in [0.29, 0.717) is 5.69 Å². The van der Waals surface area contributed by atoms with E-state index in [9.17, 15) is 0 Å². The predicted octanol–water partition coefficient (Wildman–Crippen LogP) is 3.21. The van der Waals surface area contributed by atoms with Crippen molar-refractivity contribution in [1.29, 1.82) is 0 Å². The summed E-state index contributed by atoms with van der Waals surface area (Å²) in [5, 5.41) is 0. The van der Waals surface area contributed by atoms with Gasteiger partial charge in [0.2, 0.25) is 0 Å². The van der Waals surface area contributed by atoms with E-state index < -0.39 is 0 Å². The van der Waals surface area contributed by atoms with Crippen molar-refractivity contribution in [3.63, 3.8) is 0 Å². The van der Waals surface area contributed by atoms with Gasteiger partial charge in [-0.2, -0.15) is 0 Å². The normalized spacial score (nSPS) is 10.9. The molecular weight excluding hydrogens is 250 g/mol. The Morgan fingerprint density at radius 1 is 1.20 bits per heavy atom. The number of nitrogen functional groups attached to an aromatic ring is 1. The van der Waals surface area contributed by atoms with Crippen LogP contribution in [0.4, 0.5) is 5.69 Å². The average Bonchev–Trinajstić information content (AvgIpc) is 2.77. The van der Waals surface area contributed by atoms with Gasteiger partial charge in [0.25, 0.3) is 0 Å². The Hall–Kier alpha value is -2.49. The SMILES string of the molecule is COc1cccc(-c2nc3c(N)cc(C)cn3c2C)c1. The Balaban J connectivity index is 2.26. The van der Waals surface area contributed by atoms with Gasteiger partial charge < -0.3 is 14.9 Å². The highest BCUT2D eigenvalue weighted by molar-refractivity contribution is 5.74. The van der Waals surface area contributed by atoms with E-state index in [-0.39, 0.29) is 0 Å². The lowest BCUT2D eigenvalue weighted by Gasteiger charge is -2.03. The molecule has 0 aliphatic heterocycles. The summed E-state index contributed by atoms with van der Waals surface area (Å²) in [5.74, 6) is 0.822. The molecular formula is C16H17N3O. The van der Waals surface area contributed by atoms with Crippen molar-refractivity contribution in [1.82, 2.24) is 9.38 Å². The average molecular weight is 267 g/mol. The lowest BCUT2D eigenvalue weighted by molar-refractivity contribution is 0.415. The lowest BCUT2D eigenvalue weighted by Crippen LogP contribution is -1.95. The molecule has 102 valence electrons. The first kappa shape index (κ1) is 12.5. The van der Waals surface area contributed by atoms with Crippen molar-refractivity contribution >= 4 is 11.3 Å². The van der Waals surface area contributed by atoms with Crippen LogP contribution in [0.1, 0.15) is 11.3 Å². The number of benzene rings is 1. The summed E-state index contributed by atoms with van der Waals surface area (Å²) < 4.78 is 7.31. The monoisotopic (exact) mass is 267 g/mol. The van der Waals surface area contributed by atoms with E-state index in [0.717, 1.165) is 33.9 Å². The third-order valence-corrected chi connectivity index (χ3v) is 3.47. The molecule has 0 radical (unpaired) electrons. The van der Waals surface area contributed by atoms with E-state index in [2.05, 4.69) is 11.2 Å². The largest absolute Gasteiger partial charge is 0.497 e. The maximum absolute atomic E-state index is 6.07. The standard InChI is InChI=1S/C16H17N3O/c1-10-7-14(17)16-18-15(11(2)19(16)9-10)12-5-4-6-13(8-12)20-3/h4-9H,17H2,1-3H3. The van der Waals surface area contributed by atoms with Crippen LogP contribution in [0.2, 0.25) is 0 Å². The molecule has 0 bridgehead atoms. The summed E-state index contributed by atoms with van der Waals surface area (Å²) in [6, 6.07) is 9.84. The van der Waals surface area contributed by atoms with Gasteiger partial charge in [-0.25, -0.2) is 4.98 Å². The second-order valence-corrected chi connectivity index (χ2v) is 4.94. The molecule has 0 aliphatic rings. The van der Waals surface area contributed by atoms with E-state index in [4.69, 9.17) is 10.5 Å². The van der Waals surface area contributed by atoms with Crippen molar-refractivity contribution in [3.8, 4) is 17.0 Å². The molecule has 0 saturated heterocycles. The predicted molar refractivity (Wildman–Crippen MR) is 81.1 cm³/mol. The second-order valence-electron chi connectivity index (χ2n) is 4.94. The van der Waals surface area contributed by atoms with Gasteiger partial charge in [0, 0.05) is 17.5 Å². The maximum Gasteiger partial charge on any atom is 0.160 e. The number of nitrogens with zero attached hydrogens (tertiary/aromatic N) is 2. The summed E-state index contributed by atoms with van der Waals surface area (Å²) in [6.07, 6.45) is 2.05. The topological polar surface area (TPSA) is 52.5 Å². The summed E-state index contributed by atoms with van der Waals surface area (Å²) >= 11 is 0. The van der Waals surface area contributed by atoms with Crippen LogP contribution in [0, 0.1) is 13.8 Å². The molecule has 2 N–H and O–H groups in total. The highest BCUT2D eigenvalue weighted by atomic mass is 16.5. The van der Waals surface area contributed by atoms with Crippen LogP contribution in [0.5, 0.6) is 5.75 Å². The summed E-state index contributed by atoms with van der Waals surface area (Å²) in [7, 11) is 1.66. The summed E-state index contributed by atoms with van der Waals surface area (Å²) in [6.45, 7) is 4.08. The minimum absolute atomic E-state index is 0.697. The molecule has 0 saturated carbocycles. The van der Waals surface area contributed by atoms with Gasteiger partial charge in [0.15, 0.2) is 5.65 Å². The van der Waals surface area contributed by atoms with E-state index in [1.165, 1.54) is 0 Å². The van der Waals surface area contributed by atoms with Crippen molar-refractivity contribution in [2.24, 2.45) is 0 Å². The number of hydrogen-bond acceptors (Lipinski definition) is 3. The fourth-order valence-corrected chi connectivity index (χ4v) is 2.47. The quantitative estimate of drug-likeness (QED) is 0.775. The zero-order chi connectivity index (χ0) is 14.3. The molecule has 2 heterocycles. The van der Waals surface area contributed by atoms with Crippen LogP contribution in [-0.4, -0.2) is 16.5 Å². The van der Waals surface area contributed by atoms with Gasteiger partial charge in [-0.3, -0.25) is 0 Å². The molecule has 4 nitrogen and oxygen atoms in total. The van der Waals surface area contributed by atoms with Crippen LogP contribution in [0.25, 0.3) is 16.9 Å². The van der Waals surface area contributed by atoms with Gasteiger partial charge in [0.1, 0.15) is 5.75 Å². The molecule has 1 aromatic carbocycles.